The molecule has 0 bridgehead atoms. The fourth-order valence-electron chi connectivity index (χ4n) is 3.55. The predicted molar refractivity (Wildman–Crippen MR) is 114 cm³/mol. The van der Waals surface area contributed by atoms with Crippen molar-refractivity contribution < 1.29 is 9.32 Å². The van der Waals surface area contributed by atoms with Crippen LogP contribution in [0.1, 0.15) is 33.3 Å². The number of fused-ring (bicyclic) bond motifs is 1. The number of carbonyl (C=O) groups is 1. The molecule has 4 aromatic rings. The first kappa shape index (κ1) is 18.8. The molecule has 4 rings (SSSR count). The minimum absolute atomic E-state index is 0.00432. The Labute approximate surface area is 169 Å². The monoisotopic (exact) mass is 388 g/mol. The Balaban J connectivity index is 1.66. The van der Waals surface area contributed by atoms with Gasteiger partial charge in [0.1, 0.15) is 0 Å². The van der Waals surface area contributed by atoms with E-state index < -0.39 is 0 Å². The number of carbonyl (C=O) groups excluding carboxylic acids is 1. The summed E-state index contributed by atoms with van der Waals surface area (Å²) in [5.41, 5.74) is 5.17. The Bertz CT molecular complexity index is 1130. The van der Waals surface area contributed by atoms with Crippen LogP contribution in [0.15, 0.2) is 65.3 Å². The van der Waals surface area contributed by atoms with E-state index in [0.29, 0.717) is 12.2 Å². The van der Waals surface area contributed by atoms with Gasteiger partial charge >= 0.3 is 0 Å². The van der Waals surface area contributed by atoms with Crippen LogP contribution >= 0.6 is 0 Å². The third-order valence-corrected chi connectivity index (χ3v) is 5.13. The van der Waals surface area contributed by atoms with Crippen LogP contribution in [0.2, 0.25) is 0 Å². The summed E-state index contributed by atoms with van der Waals surface area (Å²) in [5.74, 6) is -0.0428. The number of anilines is 1. The van der Waals surface area contributed by atoms with Gasteiger partial charge in [0, 0.05) is 55.4 Å². The van der Waals surface area contributed by atoms with E-state index in [1.165, 1.54) is 0 Å². The van der Waals surface area contributed by atoms with Crippen molar-refractivity contribution in [1.29, 1.82) is 0 Å². The first-order chi connectivity index (χ1) is 14.0. The van der Waals surface area contributed by atoms with Crippen molar-refractivity contribution in [3.05, 3.63) is 83.4 Å². The fourth-order valence-corrected chi connectivity index (χ4v) is 3.55. The summed E-state index contributed by atoms with van der Waals surface area (Å²) in [5, 5.41) is 7.95. The van der Waals surface area contributed by atoms with Gasteiger partial charge in [-0.3, -0.25) is 4.79 Å². The molecule has 0 radical (unpaired) electrons. The van der Waals surface area contributed by atoms with Gasteiger partial charge in [0.2, 0.25) is 5.76 Å². The second-order valence-electron chi connectivity index (χ2n) is 7.37. The lowest BCUT2D eigenvalue weighted by Gasteiger charge is -2.19. The van der Waals surface area contributed by atoms with Gasteiger partial charge in [-0.25, -0.2) is 0 Å². The number of nitrogens with zero attached hydrogens (tertiary/aromatic N) is 2. The number of hydrogen-bond donors (Lipinski definition) is 2. The molecule has 0 aliphatic carbocycles. The van der Waals surface area contributed by atoms with Crippen LogP contribution in [0.5, 0.6) is 0 Å². The number of para-hydroxylation sites is 1. The van der Waals surface area contributed by atoms with Crippen LogP contribution in [0, 0.1) is 6.92 Å². The van der Waals surface area contributed by atoms with Gasteiger partial charge in [-0.05, 0) is 36.2 Å². The minimum atomic E-state index is -0.264. The molecular weight excluding hydrogens is 364 g/mol. The third-order valence-electron chi connectivity index (χ3n) is 5.13. The Kier molecular flexibility index (Phi) is 5.08. The van der Waals surface area contributed by atoms with Crippen molar-refractivity contribution in [2.45, 2.75) is 12.8 Å². The van der Waals surface area contributed by atoms with E-state index in [0.717, 1.165) is 27.7 Å². The van der Waals surface area contributed by atoms with Crippen molar-refractivity contribution in [1.82, 2.24) is 15.5 Å². The Morgan fingerprint density at radius 2 is 1.93 bits per heavy atom. The molecule has 0 aliphatic rings. The van der Waals surface area contributed by atoms with E-state index in [9.17, 15) is 4.79 Å². The van der Waals surface area contributed by atoms with Crippen LogP contribution in [0.25, 0.3) is 10.9 Å². The molecule has 0 unspecified atom stereocenters. The molecule has 2 N–H and O–H groups in total. The van der Waals surface area contributed by atoms with Gasteiger partial charge in [0.05, 0.1) is 5.69 Å². The van der Waals surface area contributed by atoms with E-state index in [4.69, 9.17) is 4.52 Å². The number of rotatable bonds is 6. The maximum Gasteiger partial charge on any atom is 0.289 e. The van der Waals surface area contributed by atoms with Crippen LogP contribution in [-0.4, -0.2) is 36.7 Å². The average Bonchev–Trinajstić information content (AvgIpc) is 3.35. The van der Waals surface area contributed by atoms with Crippen molar-refractivity contribution in [3.63, 3.8) is 0 Å². The molecule has 148 valence electrons. The number of H-pyrrole nitrogens is 1. The molecular formula is C23H24N4O2. The minimum Gasteiger partial charge on any atom is -0.378 e. The first-order valence-corrected chi connectivity index (χ1v) is 9.58. The largest absolute Gasteiger partial charge is 0.378 e. The topological polar surface area (TPSA) is 74.2 Å². The lowest BCUT2D eigenvalue weighted by Crippen LogP contribution is -2.28. The summed E-state index contributed by atoms with van der Waals surface area (Å²) in [7, 11) is 4.04. The van der Waals surface area contributed by atoms with E-state index in [2.05, 4.69) is 56.8 Å². The quantitative estimate of drug-likeness (QED) is 0.522. The van der Waals surface area contributed by atoms with Gasteiger partial charge < -0.3 is 19.7 Å². The molecule has 2 aromatic heterocycles. The SMILES string of the molecule is Cc1cc(C(=O)NC[C@H](c2ccc(N(C)C)cc2)c2c[nH]c3ccccc23)on1. The normalized spacial score (nSPS) is 12.1. The smallest absolute Gasteiger partial charge is 0.289 e. The summed E-state index contributed by atoms with van der Waals surface area (Å²) in [6, 6.07) is 18.3. The number of aromatic nitrogens is 2. The highest BCUT2D eigenvalue weighted by Gasteiger charge is 2.20. The van der Waals surface area contributed by atoms with Gasteiger partial charge in [-0.2, -0.15) is 0 Å². The molecule has 6 nitrogen and oxygen atoms in total. The number of amides is 1. The van der Waals surface area contributed by atoms with Gasteiger partial charge in [0.25, 0.3) is 5.91 Å². The molecule has 2 heterocycles. The highest BCUT2D eigenvalue weighted by atomic mass is 16.5. The van der Waals surface area contributed by atoms with Crippen LogP contribution in [0.4, 0.5) is 5.69 Å². The molecule has 2 aromatic carbocycles. The second kappa shape index (κ2) is 7.83. The number of hydrogen-bond acceptors (Lipinski definition) is 4. The van der Waals surface area contributed by atoms with E-state index in [1.807, 2.05) is 32.4 Å². The lowest BCUT2D eigenvalue weighted by molar-refractivity contribution is 0.0915. The molecule has 0 saturated carbocycles. The maximum absolute atomic E-state index is 12.5. The zero-order valence-electron chi connectivity index (χ0n) is 16.8. The summed E-state index contributed by atoms with van der Waals surface area (Å²) in [4.78, 5) is 17.9. The van der Waals surface area contributed by atoms with Gasteiger partial charge in [0.15, 0.2) is 0 Å². The Morgan fingerprint density at radius 1 is 1.17 bits per heavy atom. The molecule has 0 saturated heterocycles. The van der Waals surface area contributed by atoms with Crippen molar-refractivity contribution in [2.75, 3.05) is 25.5 Å². The first-order valence-electron chi connectivity index (χ1n) is 9.58. The van der Waals surface area contributed by atoms with E-state index >= 15 is 0 Å². The van der Waals surface area contributed by atoms with Crippen molar-refractivity contribution >= 4 is 22.5 Å². The molecule has 29 heavy (non-hydrogen) atoms. The number of nitrogens with one attached hydrogen (secondary N) is 2. The van der Waals surface area contributed by atoms with Crippen LogP contribution < -0.4 is 10.2 Å². The highest BCUT2D eigenvalue weighted by Crippen LogP contribution is 2.31. The maximum atomic E-state index is 12.5. The summed E-state index contributed by atoms with van der Waals surface area (Å²) < 4.78 is 5.09. The predicted octanol–water partition coefficient (Wildman–Crippen LogP) is 4.09. The fraction of sp³-hybridized carbons (Fsp3) is 0.217. The molecule has 1 atom stereocenters. The van der Waals surface area contributed by atoms with E-state index in [1.54, 1.807) is 13.0 Å². The second-order valence-corrected chi connectivity index (χ2v) is 7.37. The third kappa shape index (κ3) is 3.87. The van der Waals surface area contributed by atoms with E-state index in [-0.39, 0.29) is 17.6 Å². The zero-order valence-corrected chi connectivity index (χ0v) is 16.8. The van der Waals surface area contributed by atoms with Crippen LogP contribution in [0.3, 0.4) is 0 Å². The lowest BCUT2D eigenvalue weighted by atomic mass is 9.90. The standard InChI is InChI=1S/C23H24N4O2/c1-15-12-22(29-26-15)23(28)25-13-19(16-8-10-17(11-9-16)27(2)3)20-14-24-21-7-5-4-6-18(20)21/h4-12,14,19,24H,13H2,1-3H3,(H,25,28)/t19-/m1/s1. The average molecular weight is 388 g/mol. The van der Waals surface area contributed by atoms with Gasteiger partial charge in [-0.15, -0.1) is 0 Å². The van der Waals surface area contributed by atoms with Crippen molar-refractivity contribution in [2.24, 2.45) is 0 Å². The molecule has 0 aliphatic heterocycles. The molecule has 0 fully saturated rings. The molecule has 1 amide bonds. The van der Waals surface area contributed by atoms with Crippen LogP contribution in [-0.2, 0) is 0 Å². The van der Waals surface area contributed by atoms with Gasteiger partial charge in [-0.1, -0.05) is 35.5 Å². The Hall–Kier alpha value is -3.54. The van der Waals surface area contributed by atoms with Crippen molar-refractivity contribution in [3.8, 4) is 0 Å². The number of benzene rings is 2. The summed E-state index contributed by atoms with van der Waals surface area (Å²) >= 11 is 0. The molecule has 0 spiro atoms. The number of aryl methyl sites for hydroxylation is 1. The molecule has 6 heteroatoms. The number of aromatic amines is 1. The summed E-state index contributed by atoms with van der Waals surface area (Å²) in [6.07, 6.45) is 2.03. The highest BCUT2D eigenvalue weighted by molar-refractivity contribution is 5.91. The zero-order chi connectivity index (χ0) is 20.4. The summed E-state index contributed by atoms with van der Waals surface area (Å²) in [6.45, 7) is 2.24. The Morgan fingerprint density at radius 3 is 2.62 bits per heavy atom.